The summed E-state index contributed by atoms with van der Waals surface area (Å²) in [4.78, 5) is 17.4. The normalized spacial score (nSPS) is 11.1. The highest BCUT2D eigenvalue weighted by molar-refractivity contribution is 7.13. The molecular weight excluding hydrogens is 220 g/mol. The zero-order valence-electron chi connectivity index (χ0n) is 8.98. The molecule has 0 atom stereocenters. The van der Waals surface area contributed by atoms with Crippen molar-refractivity contribution in [2.45, 2.75) is 13.8 Å². The number of hydrogen-bond donors (Lipinski definition) is 1. The molecule has 5 heteroatoms. The molecule has 0 bridgehead atoms. The molecule has 0 spiro atoms. The monoisotopic (exact) mass is 230 g/mol. The highest BCUT2D eigenvalue weighted by atomic mass is 32.1. The lowest BCUT2D eigenvalue weighted by atomic mass is 10.3. The number of pyridine rings is 1. The molecule has 0 aromatic carbocycles. The lowest BCUT2D eigenvalue weighted by molar-refractivity contribution is 1.21. The van der Waals surface area contributed by atoms with Gasteiger partial charge in [0, 0.05) is 5.69 Å². The van der Waals surface area contributed by atoms with Crippen LogP contribution in [0.1, 0.15) is 11.4 Å². The fourth-order valence-electron chi connectivity index (χ4n) is 1.62. The van der Waals surface area contributed by atoms with Crippen LogP contribution in [0.25, 0.3) is 21.9 Å². The van der Waals surface area contributed by atoms with Gasteiger partial charge in [0.1, 0.15) is 0 Å². The lowest BCUT2D eigenvalue weighted by Crippen LogP contribution is -1.81. The van der Waals surface area contributed by atoms with Gasteiger partial charge in [0.2, 0.25) is 0 Å². The fourth-order valence-corrected chi connectivity index (χ4v) is 2.37. The van der Waals surface area contributed by atoms with Gasteiger partial charge in [0.15, 0.2) is 11.5 Å². The van der Waals surface area contributed by atoms with E-state index in [0.29, 0.717) is 0 Å². The minimum absolute atomic E-state index is 0.766. The second-order valence-corrected chi connectivity index (χ2v) is 4.53. The maximum atomic E-state index is 4.48. The third-order valence-corrected chi connectivity index (χ3v) is 3.38. The number of imidazole rings is 1. The summed E-state index contributed by atoms with van der Waals surface area (Å²) < 4.78 is 0. The number of nitrogens with zero attached hydrogens (tertiary/aromatic N) is 3. The largest absolute Gasteiger partial charge is 0.336 e. The highest BCUT2D eigenvalue weighted by Crippen LogP contribution is 2.26. The molecule has 4 nitrogen and oxygen atoms in total. The van der Waals surface area contributed by atoms with Gasteiger partial charge in [-0.1, -0.05) is 0 Å². The molecule has 3 rings (SSSR count). The summed E-state index contributed by atoms with van der Waals surface area (Å²) in [7, 11) is 0. The van der Waals surface area contributed by atoms with E-state index in [-0.39, 0.29) is 0 Å². The number of fused-ring (bicyclic) bond motifs is 1. The summed E-state index contributed by atoms with van der Waals surface area (Å²) in [6, 6.07) is 3.98. The van der Waals surface area contributed by atoms with Crippen LogP contribution in [0.4, 0.5) is 0 Å². The quantitative estimate of drug-likeness (QED) is 0.699. The summed E-state index contributed by atoms with van der Waals surface area (Å²) in [5.74, 6) is 0.855. The molecule has 0 aliphatic heterocycles. The molecule has 0 radical (unpaired) electrons. The summed E-state index contributed by atoms with van der Waals surface area (Å²) in [6.07, 6.45) is 0. The molecule has 0 aliphatic rings. The Balaban J connectivity index is 2.23. The predicted octanol–water partition coefficient (Wildman–Crippen LogP) is 2.70. The predicted molar refractivity (Wildman–Crippen MR) is 64.5 cm³/mol. The first-order valence-electron chi connectivity index (χ1n) is 4.98. The van der Waals surface area contributed by atoms with Gasteiger partial charge in [-0.05, 0) is 26.0 Å². The number of H-pyrrole nitrogens is 1. The molecular formula is C11H10N4S. The van der Waals surface area contributed by atoms with Gasteiger partial charge in [-0.2, -0.15) is 0 Å². The smallest absolute Gasteiger partial charge is 0.178 e. The number of aromatic nitrogens is 4. The van der Waals surface area contributed by atoms with Crippen molar-refractivity contribution in [1.29, 1.82) is 0 Å². The van der Waals surface area contributed by atoms with Crippen molar-refractivity contribution in [3.8, 4) is 10.7 Å². The molecule has 0 amide bonds. The van der Waals surface area contributed by atoms with Crippen molar-refractivity contribution >= 4 is 22.5 Å². The zero-order chi connectivity index (χ0) is 11.1. The summed E-state index contributed by atoms with van der Waals surface area (Å²) >= 11 is 1.59. The van der Waals surface area contributed by atoms with E-state index in [0.717, 1.165) is 33.3 Å². The summed E-state index contributed by atoms with van der Waals surface area (Å²) in [6.45, 7) is 3.95. The van der Waals surface area contributed by atoms with Crippen LogP contribution >= 0.6 is 11.3 Å². The molecule has 0 unspecified atom stereocenters. The van der Waals surface area contributed by atoms with E-state index in [1.165, 1.54) is 0 Å². The topological polar surface area (TPSA) is 54.5 Å². The Morgan fingerprint density at radius 1 is 1.19 bits per heavy atom. The van der Waals surface area contributed by atoms with Gasteiger partial charge in [0.25, 0.3) is 0 Å². The molecule has 3 aromatic heterocycles. The molecule has 0 saturated heterocycles. The maximum Gasteiger partial charge on any atom is 0.178 e. The fraction of sp³-hybridized carbons (Fsp3) is 0.182. The Hall–Kier alpha value is -1.75. The van der Waals surface area contributed by atoms with Gasteiger partial charge in [-0.15, -0.1) is 11.3 Å². The summed E-state index contributed by atoms with van der Waals surface area (Å²) in [5, 5.41) is 0. The van der Waals surface area contributed by atoms with E-state index >= 15 is 0 Å². The van der Waals surface area contributed by atoms with Crippen molar-refractivity contribution in [3.05, 3.63) is 29.0 Å². The number of thiazole rings is 1. The standard InChI is InChI=1S/C11H10N4S/c1-6-3-4-8-10(13-6)15-11(14-8)9-7(2)12-5-16-9/h3-5H,1-2H3,(H,13,14,15). The van der Waals surface area contributed by atoms with Gasteiger partial charge in [-0.3, -0.25) is 0 Å². The minimum Gasteiger partial charge on any atom is -0.336 e. The van der Waals surface area contributed by atoms with Crippen molar-refractivity contribution in [2.24, 2.45) is 0 Å². The van der Waals surface area contributed by atoms with Gasteiger partial charge < -0.3 is 4.98 Å². The second-order valence-electron chi connectivity index (χ2n) is 3.68. The molecule has 1 N–H and O–H groups in total. The zero-order valence-corrected chi connectivity index (χ0v) is 9.80. The third-order valence-electron chi connectivity index (χ3n) is 2.45. The highest BCUT2D eigenvalue weighted by Gasteiger charge is 2.10. The van der Waals surface area contributed by atoms with E-state index < -0.39 is 0 Å². The molecule has 0 saturated carbocycles. The van der Waals surface area contributed by atoms with Crippen LogP contribution < -0.4 is 0 Å². The number of rotatable bonds is 1. The Morgan fingerprint density at radius 3 is 2.81 bits per heavy atom. The molecule has 0 fully saturated rings. The number of hydrogen-bond acceptors (Lipinski definition) is 4. The molecule has 0 aliphatic carbocycles. The molecule has 16 heavy (non-hydrogen) atoms. The second kappa shape index (κ2) is 3.38. The molecule has 3 heterocycles. The van der Waals surface area contributed by atoms with E-state index in [4.69, 9.17) is 0 Å². The minimum atomic E-state index is 0.766. The van der Waals surface area contributed by atoms with Crippen LogP contribution in [0.3, 0.4) is 0 Å². The van der Waals surface area contributed by atoms with Crippen molar-refractivity contribution < 1.29 is 0 Å². The molecule has 3 aromatic rings. The molecule has 80 valence electrons. The van der Waals surface area contributed by atoms with Crippen LogP contribution in [0.2, 0.25) is 0 Å². The van der Waals surface area contributed by atoms with Crippen LogP contribution in [-0.4, -0.2) is 19.9 Å². The van der Waals surface area contributed by atoms with E-state index in [9.17, 15) is 0 Å². The van der Waals surface area contributed by atoms with Crippen LogP contribution in [-0.2, 0) is 0 Å². The average Bonchev–Trinajstić information content (AvgIpc) is 2.82. The lowest BCUT2D eigenvalue weighted by Gasteiger charge is -1.89. The third kappa shape index (κ3) is 1.40. The first-order valence-corrected chi connectivity index (χ1v) is 5.86. The Kier molecular flexibility index (Phi) is 2.00. The summed E-state index contributed by atoms with van der Waals surface area (Å²) in [5.41, 5.74) is 5.54. The Bertz CT molecular complexity index is 653. The maximum absolute atomic E-state index is 4.48. The first-order chi connectivity index (χ1) is 7.74. The SMILES string of the molecule is Cc1ccc2[nH]c(-c3scnc3C)nc2n1. The van der Waals surface area contributed by atoms with Crippen LogP contribution in [0, 0.1) is 13.8 Å². The average molecular weight is 230 g/mol. The van der Waals surface area contributed by atoms with E-state index in [1.807, 2.05) is 31.5 Å². The van der Waals surface area contributed by atoms with E-state index in [2.05, 4.69) is 19.9 Å². The van der Waals surface area contributed by atoms with Crippen LogP contribution in [0.5, 0.6) is 0 Å². The Morgan fingerprint density at radius 2 is 2.06 bits per heavy atom. The van der Waals surface area contributed by atoms with E-state index in [1.54, 1.807) is 11.3 Å². The number of aryl methyl sites for hydroxylation is 2. The Labute approximate surface area is 96.4 Å². The van der Waals surface area contributed by atoms with Gasteiger partial charge in [0.05, 0.1) is 21.6 Å². The number of aromatic amines is 1. The van der Waals surface area contributed by atoms with Gasteiger partial charge in [-0.25, -0.2) is 15.0 Å². The van der Waals surface area contributed by atoms with Crippen molar-refractivity contribution in [1.82, 2.24) is 19.9 Å². The number of nitrogens with one attached hydrogen (secondary N) is 1. The van der Waals surface area contributed by atoms with Crippen LogP contribution in [0.15, 0.2) is 17.6 Å². The van der Waals surface area contributed by atoms with Crippen molar-refractivity contribution in [2.75, 3.05) is 0 Å². The first kappa shape index (κ1) is 9.47. The van der Waals surface area contributed by atoms with Gasteiger partial charge >= 0.3 is 0 Å². The van der Waals surface area contributed by atoms with Crippen molar-refractivity contribution in [3.63, 3.8) is 0 Å².